The van der Waals surface area contributed by atoms with Gasteiger partial charge in [-0.15, -0.1) is 0 Å². The average molecular weight is 125 g/mol. The van der Waals surface area contributed by atoms with Crippen LogP contribution < -0.4 is 0 Å². The van der Waals surface area contributed by atoms with E-state index in [0.29, 0.717) is 6.61 Å². The van der Waals surface area contributed by atoms with Crippen LogP contribution in [0.25, 0.3) is 0 Å². The predicted molar refractivity (Wildman–Crippen MR) is 28.5 cm³/mol. The summed E-state index contributed by atoms with van der Waals surface area (Å²) >= 11 is 0. The lowest BCUT2D eigenvalue weighted by Crippen LogP contribution is -1.80. The van der Waals surface area contributed by atoms with Crippen molar-refractivity contribution in [3.8, 4) is 12.1 Å². The normalized spacial score (nSPS) is 4.78. The summed E-state index contributed by atoms with van der Waals surface area (Å²) in [5.41, 5.74) is 0. The fraction of sp³-hybridized carbons (Fsp3) is 0.400. The maximum atomic E-state index is 9.06. The minimum Gasteiger partial charge on any atom is -0.458 e. The SMILES string of the molecule is CCO[C]=O.N#CC#N. The molecule has 4 nitrogen and oxygen atoms in total. The van der Waals surface area contributed by atoms with E-state index in [-0.39, 0.29) is 0 Å². The van der Waals surface area contributed by atoms with Crippen molar-refractivity contribution < 1.29 is 9.53 Å². The van der Waals surface area contributed by atoms with Crippen LogP contribution in [0.5, 0.6) is 0 Å². The first-order valence-corrected chi connectivity index (χ1v) is 2.10. The summed E-state index contributed by atoms with van der Waals surface area (Å²) < 4.78 is 4.03. The van der Waals surface area contributed by atoms with E-state index < -0.39 is 0 Å². The molecule has 0 aromatic heterocycles. The second-order valence-electron chi connectivity index (χ2n) is 0.740. The maximum absolute atomic E-state index is 9.06. The first-order chi connectivity index (χ1) is 4.33. The molecule has 1 radical (unpaired) electrons. The molecule has 9 heavy (non-hydrogen) atoms. The Kier molecular flexibility index (Phi) is 18.7. The van der Waals surface area contributed by atoms with Gasteiger partial charge in [0.25, 0.3) is 0 Å². The summed E-state index contributed by atoms with van der Waals surface area (Å²) in [6, 6.07) is 2.47. The van der Waals surface area contributed by atoms with Gasteiger partial charge in [0.15, 0.2) is 12.1 Å². The van der Waals surface area contributed by atoms with Gasteiger partial charge in [0, 0.05) is 0 Å². The minimum absolute atomic E-state index is 0.420. The van der Waals surface area contributed by atoms with E-state index in [1.807, 2.05) is 0 Å². The third-order valence-electron chi connectivity index (χ3n) is 0.253. The fourth-order valence-corrected chi connectivity index (χ4v) is 0.0589. The van der Waals surface area contributed by atoms with Gasteiger partial charge in [-0.05, 0) is 6.92 Å². The molecule has 0 aliphatic heterocycles. The zero-order chi connectivity index (χ0) is 7.54. The van der Waals surface area contributed by atoms with Crippen molar-refractivity contribution in [2.24, 2.45) is 0 Å². The van der Waals surface area contributed by atoms with Crippen molar-refractivity contribution in [2.45, 2.75) is 6.92 Å². The van der Waals surface area contributed by atoms with E-state index in [1.54, 1.807) is 6.92 Å². The Morgan fingerprint density at radius 2 is 1.89 bits per heavy atom. The first-order valence-electron chi connectivity index (χ1n) is 2.10. The lowest BCUT2D eigenvalue weighted by molar-refractivity contribution is 0.296. The van der Waals surface area contributed by atoms with Crippen LogP contribution in [0.2, 0.25) is 0 Å². The molecule has 0 heterocycles. The third-order valence-corrected chi connectivity index (χ3v) is 0.253. The molecule has 0 aliphatic carbocycles. The third kappa shape index (κ3) is 60.7. The summed E-state index contributed by atoms with van der Waals surface area (Å²) in [6.07, 6.45) is 0. The monoisotopic (exact) mass is 125 g/mol. The number of ether oxygens (including phenoxy) is 1. The molecule has 0 atom stereocenters. The lowest BCUT2D eigenvalue weighted by Gasteiger charge is -1.77. The van der Waals surface area contributed by atoms with Crippen molar-refractivity contribution in [1.82, 2.24) is 0 Å². The zero-order valence-electron chi connectivity index (χ0n) is 4.92. The van der Waals surface area contributed by atoms with Crippen LogP contribution in [-0.2, 0) is 9.53 Å². The Labute approximate surface area is 53.3 Å². The van der Waals surface area contributed by atoms with E-state index in [1.165, 1.54) is 18.6 Å². The highest BCUT2D eigenvalue weighted by atomic mass is 16.5. The van der Waals surface area contributed by atoms with Crippen molar-refractivity contribution >= 4 is 6.47 Å². The maximum Gasteiger partial charge on any atom is 0.417 e. The quantitative estimate of drug-likeness (QED) is 0.525. The molecular formula is C5H5N2O2. The topological polar surface area (TPSA) is 73.9 Å². The van der Waals surface area contributed by atoms with E-state index >= 15 is 0 Å². The number of nitriles is 2. The summed E-state index contributed by atoms with van der Waals surface area (Å²) in [5, 5.41) is 14.5. The second kappa shape index (κ2) is 16.1. The van der Waals surface area contributed by atoms with E-state index in [9.17, 15) is 0 Å². The van der Waals surface area contributed by atoms with Crippen molar-refractivity contribution in [3.63, 3.8) is 0 Å². The predicted octanol–water partition coefficient (Wildman–Crippen LogP) is 0.124. The van der Waals surface area contributed by atoms with Crippen LogP contribution >= 0.6 is 0 Å². The molecule has 0 saturated carbocycles. The number of rotatable bonds is 2. The molecule has 0 aliphatic rings. The molecule has 0 fully saturated rings. The van der Waals surface area contributed by atoms with Crippen LogP contribution in [0.15, 0.2) is 0 Å². The summed E-state index contributed by atoms with van der Waals surface area (Å²) in [4.78, 5) is 9.06. The summed E-state index contributed by atoms with van der Waals surface area (Å²) in [6.45, 7) is 3.41. The molecule has 0 amide bonds. The lowest BCUT2D eigenvalue weighted by atomic mass is 10.9. The molecule has 47 valence electrons. The highest BCUT2D eigenvalue weighted by molar-refractivity contribution is 5.37. The van der Waals surface area contributed by atoms with Gasteiger partial charge in [-0.3, -0.25) is 0 Å². The smallest absolute Gasteiger partial charge is 0.417 e. The van der Waals surface area contributed by atoms with Gasteiger partial charge in [0.1, 0.15) is 0 Å². The van der Waals surface area contributed by atoms with E-state index in [4.69, 9.17) is 15.3 Å². The van der Waals surface area contributed by atoms with Crippen LogP contribution in [-0.4, -0.2) is 13.1 Å². The van der Waals surface area contributed by atoms with Gasteiger partial charge in [0.05, 0.1) is 6.61 Å². The largest absolute Gasteiger partial charge is 0.458 e. The number of hydrogen-bond acceptors (Lipinski definition) is 4. The minimum atomic E-state index is 0.420. The molecule has 0 aromatic carbocycles. The van der Waals surface area contributed by atoms with Gasteiger partial charge >= 0.3 is 6.47 Å². The second-order valence-corrected chi connectivity index (χ2v) is 0.740. The van der Waals surface area contributed by atoms with Gasteiger partial charge < -0.3 is 4.74 Å². The van der Waals surface area contributed by atoms with Gasteiger partial charge in [-0.1, -0.05) is 0 Å². The Morgan fingerprint density at radius 3 is 1.89 bits per heavy atom. The van der Waals surface area contributed by atoms with Gasteiger partial charge in [-0.25, -0.2) is 4.79 Å². The zero-order valence-corrected chi connectivity index (χ0v) is 4.92. The Morgan fingerprint density at radius 1 is 1.44 bits per heavy atom. The molecule has 0 N–H and O–H groups in total. The number of nitrogens with zero attached hydrogens (tertiary/aromatic N) is 2. The Bertz CT molecular complexity index is 119. The van der Waals surface area contributed by atoms with E-state index in [0.717, 1.165) is 0 Å². The molecule has 0 bridgehead atoms. The van der Waals surface area contributed by atoms with Crippen LogP contribution in [0.3, 0.4) is 0 Å². The summed E-state index contributed by atoms with van der Waals surface area (Å²) in [5.74, 6) is 0. The number of hydrogen-bond donors (Lipinski definition) is 0. The van der Waals surface area contributed by atoms with Gasteiger partial charge in [-0.2, -0.15) is 10.5 Å². The van der Waals surface area contributed by atoms with Crippen LogP contribution in [0.1, 0.15) is 6.92 Å². The molecule has 0 unspecified atom stereocenters. The summed E-state index contributed by atoms with van der Waals surface area (Å²) in [7, 11) is 0. The molecule has 0 spiro atoms. The molecule has 0 rings (SSSR count). The van der Waals surface area contributed by atoms with Crippen molar-refractivity contribution in [2.75, 3.05) is 6.61 Å². The molecule has 4 heteroatoms. The highest BCUT2D eigenvalue weighted by Crippen LogP contribution is 1.55. The molecule has 0 aromatic rings. The average Bonchev–Trinajstić information content (AvgIpc) is 1.91. The van der Waals surface area contributed by atoms with E-state index in [2.05, 4.69) is 4.74 Å². The van der Waals surface area contributed by atoms with Crippen molar-refractivity contribution in [3.05, 3.63) is 0 Å². The van der Waals surface area contributed by atoms with Crippen molar-refractivity contribution in [1.29, 1.82) is 10.5 Å². The Hall–Kier alpha value is -1.55. The Balaban J connectivity index is 0. The fourth-order valence-electron chi connectivity index (χ4n) is 0.0589. The van der Waals surface area contributed by atoms with Crippen LogP contribution in [0, 0.1) is 22.7 Å². The molecule has 0 saturated heterocycles. The highest BCUT2D eigenvalue weighted by Gasteiger charge is 1.64. The van der Waals surface area contributed by atoms with Crippen LogP contribution in [0.4, 0.5) is 0 Å². The number of carbonyl (C=O) groups excluding carboxylic acids is 1. The standard InChI is InChI=1S/C3H5O2.C2N2/c1-2-5-3-4;3-1-2-4/h2H2,1H3;. The first kappa shape index (κ1) is 10.4. The molecular weight excluding hydrogens is 120 g/mol. The van der Waals surface area contributed by atoms with Gasteiger partial charge in [0.2, 0.25) is 0 Å².